The first-order valence-corrected chi connectivity index (χ1v) is 8.59. The van der Waals surface area contributed by atoms with Gasteiger partial charge in [-0.2, -0.15) is 0 Å². The van der Waals surface area contributed by atoms with Gasteiger partial charge in [0.15, 0.2) is 0 Å². The Balaban J connectivity index is 1.60. The van der Waals surface area contributed by atoms with Gasteiger partial charge in [-0.1, -0.05) is 25.0 Å². The van der Waals surface area contributed by atoms with E-state index in [1.807, 2.05) is 12.1 Å². The Labute approximate surface area is 132 Å². The van der Waals surface area contributed by atoms with Gasteiger partial charge < -0.3 is 5.11 Å². The van der Waals surface area contributed by atoms with Crippen molar-refractivity contribution in [2.45, 2.75) is 50.7 Å². The Morgan fingerprint density at radius 1 is 1.09 bits per heavy atom. The second kappa shape index (κ2) is 7.53. The van der Waals surface area contributed by atoms with E-state index < -0.39 is 0 Å². The minimum atomic E-state index is -0.173. The smallest absolute Gasteiger partial charge is 0.123 e. The van der Waals surface area contributed by atoms with Crippen LogP contribution in [0, 0.1) is 5.82 Å². The molecular formula is C18H27FN2O. The van der Waals surface area contributed by atoms with Gasteiger partial charge in [0.2, 0.25) is 0 Å². The van der Waals surface area contributed by atoms with Crippen molar-refractivity contribution in [2.24, 2.45) is 0 Å². The van der Waals surface area contributed by atoms with Crippen molar-refractivity contribution in [3.63, 3.8) is 0 Å². The Morgan fingerprint density at radius 3 is 2.50 bits per heavy atom. The van der Waals surface area contributed by atoms with Crippen LogP contribution in [0.5, 0.6) is 0 Å². The molecule has 0 aromatic heterocycles. The summed E-state index contributed by atoms with van der Waals surface area (Å²) in [5.74, 6) is -0.173. The van der Waals surface area contributed by atoms with Crippen molar-refractivity contribution in [1.29, 1.82) is 0 Å². The van der Waals surface area contributed by atoms with Crippen molar-refractivity contribution >= 4 is 0 Å². The maximum absolute atomic E-state index is 13.0. The van der Waals surface area contributed by atoms with Crippen molar-refractivity contribution in [1.82, 2.24) is 9.80 Å². The van der Waals surface area contributed by atoms with Crippen LogP contribution in [0.2, 0.25) is 0 Å². The fourth-order valence-electron chi connectivity index (χ4n) is 4.05. The van der Waals surface area contributed by atoms with E-state index in [2.05, 4.69) is 9.80 Å². The summed E-state index contributed by atoms with van der Waals surface area (Å²) in [6.45, 7) is 4.31. The molecule has 1 atom stereocenters. The number of rotatable bonds is 5. The average Bonchev–Trinajstić information content (AvgIpc) is 3.04. The number of benzene rings is 1. The van der Waals surface area contributed by atoms with Crippen LogP contribution in [0.25, 0.3) is 0 Å². The molecule has 1 saturated carbocycles. The molecule has 1 aromatic carbocycles. The molecule has 0 bridgehead atoms. The number of piperazine rings is 1. The number of aliphatic hydroxyl groups is 1. The van der Waals surface area contributed by atoms with Crippen molar-refractivity contribution in [2.75, 3.05) is 26.2 Å². The minimum absolute atomic E-state index is 0.173. The first-order chi connectivity index (χ1) is 10.8. The second-order valence-electron chi connectivity index (χ2n) is 6.70. The van der Waals surface area contributed by atoms with Crippen LogP contribution in [-0.2, 0) is 6.54 Å². The van der Waals surface area contributed by atoms with E-state index in [0.717, 1.165) is 38.6 Å². The van der Waals surface area contributed by atoms with Gasteiger partial charge in [-0.3, -0.25) is 9.80 Å². The molecule has 122 valence electrons. The van der Waals surface area contributed by atoms with Crippen molar-refractivity contribution < 1.29 is 9.50 Å². The summed E-state index contributed by atoms with van der Waals surface area (Å²) in [7, 11) is 0. The molecule has 3 nitrogen and oxygen atoms in total. The largest absolute Gasteiger partial charge is 0.396 e. The molecule has 0 amide bonds. The third-order valence-corrected chi connectivity index (χ3v) is 5.19. The standard InChI is InChI=1S/C18H27FN2O/c19-16-7-5-15(6-8-16)13-20-10-11-21(17-3-1-2-4-17)18(14-20)9-12-22/h5-8,17-18,22H,1-4,9-14H2. The highest BCUT2D eigenvalue weighted by atomic mass is 19.1. The molecule has 22 heavy (non-hydrogen) atoms. The van der Waals surface area contributed by atoms with Crippen LogP contribution < -0.4 is 0 Å². The van der Waals surface area contributed by atoms with Crippen LogP contribution in [0.1, 0.15) is 37.7 Å². The average molecular weight is 306 g/mol. The highest BCUT2D eigenvalue weighted by Crippen LogP contribution is 2.28. The maximum Gasteiger partial charge on any atom is 0.123 e. The Kier molecular flexibility index (Phi) is 5.45. The predicted molar refractivity (Wildman–Crippen MR) is 86.1 cm³/mol. The van der Waals surface area contributed by atoms with Gasteiger partial charge in [0.1, 0.15) is 5.82 Å². The Morgan fingerprint density at radius 2 is 1.82 bits per heavy atom. The lowest BCUT2D eigenvalue weighted by Crippen LogP contribution is -2.55. The van der Waals surface area contributed by atoms with Gasteiger partial charge in [-0.25, -0.2) is 4.39 Å². The number of hydrogen-bond acceptors (Lipinski definition) is 3. The predicted octanol–water partition coefficient (Wildman–Crippen LogP) is 2.64. The summed E-state index contributed by atoms with van der Waals surface area (Å²) < 4.78 is 13.0. The van der Waals surface area contributed by atoms with Gasteiger partial charge in [0, 0.05) is 44.9 Å². The summed E-state index contributed by atoms with van der Waals surface area (Å²) in [4.78, 5) is 5.09. The molecule has 1 heterocycles. The van der Waals surface area contributed by atoms with E-state index >= 15 is 0 Å². The van der Waals surface area contributed by atoms with E-state index in [1.165, 1.54) is 43.4 Å². The van der Waals surface area contributed by atoms with E-state index in [1.54, 1.807) is 0 Å². The number of halogens is 1. The monoisotopic (exact) mass is 306 g/mol. The summed E-state index contributed by atoms with van der Waals surface area (Å²) in [6, 6.07) is 8.01. The highest BCUT2D eigenvalue weighted by Gasteiger charge is 2.32. The Hall–Kier alpha value is -0.970. The molecule has 1 unspecified atom stereocenters. The van der Waals surface area contributed by atoms with Crippen LogP contribution in [0.3, 0.4) is 0 Å². The van der Waals surface area contributed by atoms with Gasteiger partial charge >= 0.3 is 0 Å². The van der Waals surface area contributed by atoms with E-state index in [0.29, 0.717) is 6.04 Å². The fourth-order valence-corrected chi connectivity index (χ4v) is 4.05. The summed E-state index contributed by atoms with van der Waals surface area (Å²) in [5.41, 5.74) is 1.17. The van der Waals surface area contributed by atoms with E-state index in [-0.39, 0.29) is 12.4 Å². The lowest BCUT2D eigenvalue weighted by molar-refractivity contribution is 0.0267. The quantitative estimate of drug-likeness (QED) is 0.906. The van der Waals surface area contributed by atoms with Gasteiger partial charge in [0.05, 0.1) is 0 Å². The molecule has 1 saturated heterocycles. The molecule has 0 radical (unpaired) electrons. The lowest BCUT2D eigenvalue weighted by Gasteiger charge is -2.44. The number of hydrogen-bond donors (Lipinski definition) is 1. The molecule has 1 aromatic rings. The molecule has 3 rings (SSSR count). The lowest BCUT2D eigenvalue weighted by atomic mass is 10.0. The molecule has 2 fully saturated rings. The summed E-state index contributed by atoms with van der Waals surface area (Å²) in [6.07, 6.45) is 6.20. The molecule has 0 spiro atoms. The van der Waals surface area contributed by atoms with Crippen LogP contribution in [-0.4, -0.2) is 53.2 Å². The topological polar surface area (TPSA) is 26.7 Å². The van der Waals surface area contributed by atoms with Crippen LogP contribution in [0.15, 0.2) is 24.3 Å². The zero-order valence-electron chi connectivity index (χ0n) is 13.3. The van der Waals surface area contributed by atoms with E-state index in [9.17, 15) is 9.50 Å². The van der Waals surface area contributed by atoms with Crippen LogP contribution >= 0.6 is 0 Å². The molecule has 1 N–H and O–H groups in total. The number of aliphatic hydroxyl groups excluding tert-OH is 1. The van der Waals surface area contributed by atoms with Crippen molar-refractivity contribution in [3.8, 4) is 0 Å². The normalized spacial score (nSPS) is 24.9. The first-order valence-electron chi connectivity index (χ1n) is 8.59. The molecular weight excluding hydrogens is 279 g/mol. The maximum atomic E-state index is 13.0. The SMILES string of the molecule is OCCC1CN(Cc2ccc(F)cc2)CCN1C1CCCC1. The first kappa shape index (κ1) is 15.9. The van der Waals surface area contributed by atoms with Crippen molar-refractivity contribution in [3.05, 3.63) is 35.6 Å². The summed E-state index contributed by atoms with van der Waals surface area (Å²) in [5, 5.41) is 9.40. The second-order valence-corrected chi connectivity index (χ2v) is 6.70. The summed E-state index contributed by atoms with van der Waals surface area (Å²) >= 11 is 0. The molecule has 2 aliphatic rings. The molecule has 1 aliphatic carbocycles. The molecule has 1 aliphatic heterocycles. The minimum Gasteiger partial charge on any atom is -0.396 e. The van der Waals surface area contributed by atoms with Gasteiger partial charge in [-0.15, -0.1) is 0 Å². The zero-order chi connectivity index (χ0) is 15.4. The third-order valence-electron chi connectivity index (χ3n) is 5.19. The Bertz CT molecular complexity index is 459. The molecule has 4 heteroatoms. The fraction of sp³-hybridized carbons (Fsp3) is 0.667. The van der Waals surface area contributed by atoms with E-state index in [4.69, 9.17) is 0 Å². The third kappa shape index (κ3) is 3.86. The van der Waals surface area contributed by atoms with Gasteiger partial charge in [-0.05, 0) is 37.0 Å². The van der Waals surface area contributed by atoms with Crippen LogP contribution in [0.4, 0.5) is 4.39 Å². The zero-order valence-corrected chi connectivity index (χ0v) is 13.3. The van der Waals surface area contributed by atoms with Gasteiger partial charge in [0.25, 0.3) is 0 Å². The number of nitrogens with zero attached hydrogens (tertiary/aromatic N) is 2. The highest BCUT2D eigenvalue weighted by molar-refractivity contribution is 5.16.